The first-order chi connectivity index (χ1) is 13.1. The van der Waals surface area contributed by atoms with Gasteiger partial charge in [0, 0.05) is 10.4 Å². The van der Waals surface area contributed by atoms with Gasteiger partial charge in [-0.15, -0.1) is 11.3 Å². The van der Waals surface area contributed by atoms with Gasteiger partial charge in [-0.3, -0.25) is 4.79 Å². The molecule has 0 saturated heterocycles. The van der Waals surface area contributed by atoms with Gasteiger partial charge in [0.2, 0.25) is 0 Å². The van der Waals surface area contributed by atoms with Crippen molar-refractivity contribution in [2.75, 3.05) is 5.32 Å². The lowest BCUT2D eigenvalue weighted by atomic mass is 9.96. The largest absolute Gasteiger partial charge is 0.461 e. The summed E-state index contributed by atoms with van der Waals surface area (Å²) >= 11 is 1.54. The summed E-state index contributed by atoms with van der Waals surface area (Å²) in [6.07, 6.45) is 4.17. The van der Waals surface area contributed by atoms with Gasteiger partial charge in [0.15, 0.2) is 0 Å². The van der Waals surface area contributed by atoms with Crippen LogP contribution in [0.25, 0.3) is 11.3 Å². The van der Waals surface area contributed by atoms with E-state index in [1.807, 2.05) is 31.2 Å². The Morgan fingerprint density at radius 3 is 2.67 bits per heavy atom. The van der Waals surface area contributed by atoms with Crippen molar-refractivity contribution in [2.24, 2.45) is 0 Å². The molecule has 0 atom stereocenters. The van der Waals surface area contributed by atoms with Crippen LogP contribution in [0.3, 0.4) is 0 Å². The zero-order valence-corrected chi connectivity index (χ0v) is 16.2. The third-order valence-electron chi connectivity index (χ3n) is 5.01. The fraction of sp³-hybridized carbons (Fsp3) is 0.273. The Morgan fingerprint density at radius 1 is 1.19 bits per heavy atom. The number of furan rings is 1. The quantitative estimate of drug-likeness (QED) is 0.644. The number of amides is 1. The van der Waals surface area contributed by atoms with Crippen molar-refractivity contribution in [3.63, 3.8) is 0 Å². The number of fused-ring (bicyclic) bond motifs is 1. The van der Waals surface area contributed by atoms with Crippen LogP contribution in [0.1, 0.15) is 50.5 Å². The molecule has 3 aromatic rings. The highest BCUT2D eigenvalue weighted by molar-refractivity contribution is 7.16. The van der Waals surface area contributed by atoms with Crippen LogP contribution in [-0.4, -0.2) is 5.91 Å². The van der Waals surface area contributed by atoms with Crippen LogP contribution in [0.2, 0.25) is 0 Å². The molecule has 0 bridgehead atoms. The van der Waals surface area contributed by atoms with Crippen LogP contribution in [0.15, 0.2) is 34.7 Å². The summed E-state index contributed by atoms with van der Waals surface area (Å²) in [6.45, 7) is 3.82. The molecule has 0 aliphatic heterocycles. The molecule has 0 radical (unpaired) electrons. The van der Waals surface area contributed by atoms with E-state index in [-0.39, 0.29) is 5.91 Å². The molecule has 0 fully saturated rings. The molecule has 1 aromatic carbocycles. The summed E-state index contributed by atoms with van der Waals surface area (Å²) in [5.41, 5.74) is 4.36. The number of rotatable bonds is 3. The number of nitrogens with zero attached hydrogens (tertiary/aromatic N) is 1. The van der Waals surface area contributed by atoms with E-state index in [0.29, 0.717) is 27.6 Å². The first kappa shape index (κ1) is 17.6. The second-order valence-corrected chi connectivity index (χ2v) is 8.03. The highest BCUT2D eigenvalue weighted by Crippen LogP contribution is 2.38. The van der Waals surface area contributed by atoms with Crippen molar-refractivity contribution in [2.45, 2.75) is 39.5 Å². The molecule has 0 saturated carbocycles. The maximum absolute atomic E-state index is 12.8. The Kier molecular flexibility index (Phi) is 4.59. The number of thiophene rings is 1. The molecule has 1 aliphatic rings. The molecule has 0 spiro atoms. The lowest BCUT2D eigenvalue weighted by molar-refractivity contribution is 0.102. The molecule has 136 valence electrons. The second kappa shape index (κ2) is 7.05. The van der Waals surface area contributed by atoms with Crippen LogP contribution in [0.5, 0.6) is 0 Å². The fourth-order valence-corrected chi connectivity index (χ4v) is 4.75. The third kappa shape index (κ3) is 3.29. The molecule has 1 amide bonds. The Bertz CT molecular complexity index is 1050. The lowest BCUT2D eigenvalue weighted by Gasteiger charge is -2.09. The number of anilines is 1. The van der Waals surface area contributed by atoms with E-state index in [0.717, 1.165) is 36.8 Å². The summed E-state index contributed by atoms with van der Waals surface area (Å²) in [5.74, 6) is 1.01. The number of benzene rings is 1. The maximum atomic E-state index is 12.8. The molecule has 1 aliphatic carbocycles. The van der Waals surface area contributed by atoms with Gasteiger partial charge in [-0.25, -0.2) is 0 Å². The van der Waals surface area contributed by atoms with E-state index < -0.39 is 0 Å². The van der Waals surface area contributed by atoms with Crippen molar-refractivity contribution in [1.82, 2.24) is 0 Å². The first-order valence-electron chi connectivity index (χ1n) is 9.10. The first-order valence-corrected chi connectivity index (χ1v) is 9.92. The van der Waals surface area contributed by atoms with E-state index in [2.05, 4.69) is 11.4 Å². The van der Waals surface area contributed by atoms with Crippen molar-refractivity contribution in [3.8, 4) is 17.4 Å². The monoisotopic (exact) mass is 376 g/mol. The zero-order chi connectivity index (χ0) is 19.0. The van der Waals surface area contributed by atoms with Crippen LogP contribution in [-0.2, 0) is 12.8 Å². The molecule has 2 aromatic heterocycles. The van der Waals surface area contributed by atoms with Gasteiger partial charge in [0.25, 0.3) is 5.91 Å². The minimum Gasteiger partial charge on any atom is -0.461 e. The van der Waals surface area contributed by atoms with Gasteiger partial charge in [-0.05, 0) is 51.2 Å². The molecule has 0 unspecified atom stereocenters. The topological polar surface area (TPSA) is 66.0 Å². The molecule has 4 nitrogen and oxygen atoms in total. The van der Waals surface area contributed by atoms with E-state index >= 15 is 0 Å². The molecule has 27 heavy (non-hydrogen) atoms. The summed E-state index contributed by atoms with van der Waals surface area (Å²) in [5, 5.41) is 13.2. The molecule has 4 rings (SSSR count). The SMILES string of the molecule is Cc1ccc(-c2cc(C(=O)Nc3sc4c(c3C#N)CCCC4)c(C)o2)cc1. The van der Waals surface area contributed by atoms with Crippen LogP contribution in [0.4, 0.5) is 5.00 Å². The highest BCUT2D eigenvalue weighted by Gasteiger charge is 2.23. The van der Waals surface area contributed by atoms with E-state index in [1.165, 1.54) is 21.8 Å². The number of nitriles is 1. The predicted octanol–water partition coefficient (Wildman–Crippen LogP) is 5.63. The van der Waals surface area contributed by atoms with Crippen molar-refractivity contribution in [1.29, 1.82) is 5.26 Å². The molecular formula is C22H20N2O2S. The van der Waals surface area contributed by atoms with Crippen LogP contribution >= 0.6 is 11.3 Å². The van der Waals surface area contributed by atoms with Gasteiger partial charge in [0.1, 0.15) is 22.6 Å². The van der Waals surface area contributed by atoms with E-state index in [1.54, 1.807) is 13.0 Å². The molecule has 5 heteroatoms. The Balaban J connectivity index is 1.62. The average Bonchev–Trinajstić information content (AvgIpc) is 3.22. The minimum absolute atomic E-state index is 0.232. The third-order valence-corrected chi connectivity index (χ3v) is 6.22. The summed E-state index contributed by atoms with van der Waals surface area (Å²) in [4.78, 5) is 14.1. The fourth-order valence-electron chi connectivity index (χ4n) is 3.51. The second-order valence-electron chi connectivity index (χ2n) is 6.93. The number of carbonyl (C=O) groups is 1. The minimum atomic E-state index is -0.232. The van der Waals surface area contributed by atoms with E-state index in [9.17, 15) is 10.1 Å². The number of aryl methyl sites for hydroxylation is 3. The number of carbonyl (C=O) groups excluding carboxylic acids is 1. The zero-order valence-electron chi connectivity index (χ0n) is 15.4. The predicted molar refractivity (Wildman–Crippen MR) is 107 cm³/mol. The number of hydrogen-bond acceptors (Lipinski definition) is 4. The van der Waals surface area contributed by atoms with Crippen LogP contribution in [0, 0.1) is 25.2 Å². The standard InChI is InChI=1S/C22H20N2O2S/c1-13-7-9-15(10-8-13)19-11-17(14(2)26-19)21(25)24-22-18(12-23)16-5-3-4-6-20(16)27-22/h7-11H,3-6H2,1-2H3,(H,24,25). The summed E-state index contributed by atoms with van der Waals surface area (Å²) < 4.78 is 5.81. The van der Waals surface area contributed by atoms with Gasteiger partial charge in [-0.2, -0.15) is 5.26 Å². The van der Waals surface area contributed by atoms with Gasteiger partial charge in [-0.1, -0.05) is 29.8 Å². The Labute approximate surface area is 162 Å². The van der Waals surface area contributed by atoms with Crippen LogP contribution < -0.4 is 5.32 Å². The van der Waals surface area contributed by atoms with Crippen molar-refractivity contribution in [3.05, 3.63) is 63.2 Å². The Hall–Kier alpha value is -2.84. The molecular weight excluding hydrogens is 356 g/mol. The van der Waals surface area contributed by atoms with Gasteiger partial charge >= 0.3 is 0 Å². The smallest absolute Gasteiger partial charge is 0.259 e. The van der Waals surface area contributed by atoms with Crippen molar-refractivity contribution < 1.29 is 9.21 Å². The normalized spacial score (nSPS) is 13.1. The number of nitrogens with one attached hydrogen (secondary N) is 1. The summed E-state index contributed by atoms with van der Waals surface area (Å²) in [7, 11) is 0. The summed E-state index contributed by atoms with van der Waals surface area (Å²) in [6, 6.07) is 12.1. The van der Waals surface area contributed by atoms with Gasteiger partial charge < -0.3 is 9.73 Å². The molecule has 1 N–H and O–H groups in total. The van der Waals surface area contributed by atoms with Gasteiger partial charge in [0.05, 0.1) is 11.1 Å². The maximum Gasteiger partial charge on any atom is 0.259 e. The average molecular weight is 376 g/mol. The van der Waals surface area contributed by atoms with Crippen molar-refractivity contribution >= 4 is 22.2 Å². The Morgan fingerprint density at radius 2 is 1.93 bits per heavy atom. The molecule has 2 heterocycles. The lowest BCUT2D eigenvalue weighted by Crippen LogP contribution is -2.12. The highest BCUT2D eigenvalue weighted by atomic mass is 32.1. The van der Waals surface area contributed by atoms with E-state index in [4.69, 9.17) is 4.42 Å². The number of hydrogen-bond donors (Lipinski definition) is 1.